The van der Waals surface area contributed by atoms with Crippen molar-refractivity contribution in [2.75, 3.05) is 6.54 Å². The van der Waals surface area contributed by atoms with Crippen molar-refractivity contribution >= 4 is 29.4 Å². The molecule has 48 heavy (non-hydrogen) atoms. The summed E-state index contributed by atoms with van der Waals surface area (Å²) in [5.74, 6) is 0.832. The van der Waals surface area contributed by atoms with Gasteiger partial charge in [0.2, 0.25) is 0 Å². The highest BCUT2D eigenvalue weighted by Gasteiger charge is 2.52. The van der Waals surface area contributed by atoms with Gasteiger partial charge in [0.1, 0.15) is 5.60 Å². The number of carbonyl (C=O) groups is 1. The van der Waals surface area contributed by atoms with E-state index in [9.17, 15) is 4.79 Å². The predicted molar refractivity (Wildman–Crippen MR) is 194 cm³/mol. The van der Waals surface area contributed by atoms with E-state index in [4.69, 9.17) is 14.0 Å². The summed E-state index contributed by atoms with van der Waals surface area (Å²) in [5.41, 5.74) is 5.29. The molecule has 2 N–H and O–H groups in total. The summed E-state index contributed by atoms with van der Waals surface area (Å²) in [7, 11) is -0.393. The summed E-state index contributed by atoms with van der Waals surface area (Å²) in [6.07, 6.45) is 10.8. The zero-order chi connectivity index (χ0) is 34.1. The van der Waals surface area contributed by atoms with Gasteiger partial charge in [-0.25, -0.2) is 9.78 Å². The van der Waals surface area contributed by atoms with Gasteiger partial charge in [0.25, 0.3) is 0 Å². The van der Waals surface area contributed by atoms with Crippen molar-refractivity contribution in [2.24, 2.45) is 0 Å². The van der Waals surface area contributed by atoms with Crippen molar-refractivity contribution in [2.45, 2.75) is 65.3 Å². The Morgan fingerprint density at radius 2 is 1.54 bits per heavy atom. The summed E-state index contributed by atoms with van der Waals surface area (Å²) in [4.78, 5) is 24.1. The Kier molecular flexibility index (Phi) is 8.94. The normalized spacial score (nSPS) is 16.6. The number of ether oxygens (including phenoxy) is 1. The number of aromatic amines is 2. The highest BCUT2D eigenvalue weighted by Crippen LogP contribution is 2.38. The fourth-order valence-corrected chi connectivity index (χ4v) is 5.60. The Bertz CT molecular complexity index is 1930. The average Bonchev–Trinajstić information content (AvgIpc) is 3.81. The first kappa shape index (κ1) is 33.1. The van der Waals surface area contributed by atoms with Crippen LogP contribution in [0.5, 0.6) is 0 Å². The van der Waals surface area contributed by atoms with Crippen molar-refractivity contribution in [1.82, 2.24) is 19.9 Å². The van der Waals surface area contributed by atoms with Crippen LogP contribution in [0.4, 0.5) is 4.79 Å². The number of allylic oxidation sites excluding steroid dienone is 2. The van der Waals surface area contributed by atoms with E-state index in [2.05, 4.69) is 103 Å². The Morgan fingerprint density at radius 1 is 0.854 bits per heavy atom. The van der Waals surface area contributed by atoms with Gasteiger partial charge in [0.05, 0.1) is 28.8 Å². The highest BCUT2D eigenvalue weighted by atomic mass is 16.7. The first-order chi connectivity index (χ1) is 22.8. The second kappa shape index (κ2) is 13.0. The van der Waals surface area contributed by atoms with Gasteiger partial charge in [-0.15, -0.1) is 0 Å². The largest absolute Gasteiger partial charge is 0.495 e. The molecule has 2 aromatic heterocycles. The van der Waals surface area contributed by atoms with E-state index < -0.39 is 12.7 Å². The Morgan fingerprint density at radius 3 is 2.19 bits per heavy atom. The Labute approximate surface area is 283 Å². The third kappa shape index (κ3) is 7.03. The van der Waals surface area contributed by atoms with Gasteiger partial charge in [-0.3, -0.25) is 4.90 Å². The number of rotatable bonds is 4. The van der Waals surface area contributed by atoms with Gasteiger partial charge in [0, 0.05) is 18.9 Å². The van der Waals surface area contributed by atoms with Crippen LogP contribution in [0.2, 0.25) is 0 Å². The molecule has 3 aromatic carbocycles. The molecule has 9 heteroatoms. The summed E-state index contributed by atoms with van der Waals surface area (Å²) in [5, 5.41) is 2.33. The molecule has 0 saturated carbocycles. The molecule has 0 aliphatic carbocycles. The number of hydrogen-bond acceptors (Lipinski definition) is 5. The number of aromatic nitrogens is 3. The van der Waals surface area contributed by atoms with Crippen LogP contribution in [0.1, 0.15) is 48.5 Å². The van der Waals surface area contributed by atoms with E-state index >= 15 is 0 Å². The molecule has 4 heterocycles. The fraction of sp³-hybridized carbons (Fsp3) is 0.282. The van der Waals surface area contributed by atoms with Crippen molar-refractivity contribution in [3.05, 3.63) is 110 Å². The van der Waals surface area contributed by atoms with Crippen molar-refractivity contribution in [1.29, 1.82) is 0 Å². The summed E-state index contributed by atoms with van der Waals surface area (Å²) in [6, 6.07) is 25.4. The van der Waals surface area contributed by atoms with Crippen LogP contribution in [-0.4, -0.2) is 56.4 Å². The summed E-state index contributed by atoms with van der Waals surface area (Å²) in [6.45, 7) is 14.5. The molecule has 1 saturated heterocycles. The Hall–Kier alpha value is -4.86. The maximum atomic E-state index is 11.4. The fourth-order valence-electron chi connectivity index (χ4n) is 5.60. The minimum atomic E-state index is -0.425. The molecule has 2 aliphatic heterocycles. The van der Waals surface area contributed by atoms with Gasteiger partial charge >= 0.3 is 13.2 Å². The zero-order valence-electron chi connectivity index (χ0n) is 28.7. The molecule has 5 aromatic rings. The van der Waals surface area contributed by atoms with Gasteiger partial charge in [-0.2, -0.15) is 0 Å². The van der Waals surface area contributed by atoms with E-state index in [1.807, 2.05) is 63.5 Å². The van der Waals surface area contributed by atoms with Crippen molar-refractivity contribution in [3.8, 4) is 33.9 Å². The lowest BCUT2D eigenvalue weighted by Gasteiger charge is -2.32. The van der Waals surface area contributed by atoms with E-state index in [0.717, 1.165) is 39.2 Å². The molecular formula is C39H43BN4O4. The molecule has 246 valence electrons. The van der Waals surface area contributed by atoms with Crippen LogP contribution in [0.15, 0.2) is 110 Å². The number of hydrogen-bond donors (Lipinski definition) is 2. The molecule has 2 aliphatic rings. The molecule has 0 atom stereocenters. The minimum absolute atomic E-state index is 0.298. The maximum absolute atomic E-state index is 11.4. The van der Waals surface area contributed by atoms with Crippen LogP contribution < -0.4 is 5.46 Å². The van der Waals surface area contributed by atoms with Gasteiger partial charge in [0.15, 0.2) is 5.82 Å². The molecule has 8 nitrogen and oxygen atoms in total. The van der Waals surface area contributed by atoms with E-state index in [1.54, 1.807) is 6.20 Å². The second-order valence-electron chi connectivity index (χ2n) is 14.0. The van der Waals surface area contributed by atoms with Gasteiger partial charge in [-0.05, 0) is 99.6 Å². The predicted octanol–water partition coefficient (Wildman–Crippen LogP) is 8.50. The second-order valence-corrected chi connectivity index (χ2v) is 14.0. The van der Waals surface area contributed by atoms with E-state index in [-0.39, 0.29) is 17.3 Å². The maximum Gasteiger partial charge on any atom is 0.495 e. The van der Waals surface area contributed by atoms with Crippen molar-refractivity contribution < 1.29 is 18.8 Å². The van der Waals surface area contributed by atoms with E-state index in [0.29, 0.717) is 6.54 Å². The lowest BCUT2D eigenvalue weighted by atomic mass is 9.75. The molecule has 0 bridgehead atoms. The first-order valence-corrected chi connectivity index (χ1v) is 16.3. The third-order valence-corrected chi connectivity index (χ3v) is 8.84. The number of nitrogens with one attached hydrogen (secondary N) is 2. The van der Waals surface area contributed by atoms with Gasteiger partial charge in [-0.1, -0.05) is 72.8 Å². The average molecular weight is 643 g/mol. The molecule has 0 spiro atoms. The summed E-state index contributed by atoms with van der Waals surface area (Å²) >= 11 is 0. The third-order valence-electron chi connectivity index (χ3n) is 8.84. The first-order valence-electron chi connectivity index (χ1n) is 16.3. The molecular weight excluding hydrogens is 599 g/mol. The van der Waals surface area contributed by atoms with Crippen LogP contribution in [0.25, 0.3) is 44.7 Å². The molecule has 0 unspecified atom stereocenters. The number of nitrogens with zero attached hydrogens (tertiary/aromatic N) is 2. The van der Waals surface area contributed by atoms with Crippen LogP contribution in [0, 0.1) is 0 Å². The lowest BCUT2D eigenvalue weighted by molar-refractivity contribution is 0.00578. The standard InChI is InChI=1S/C29H28BN3O2.C10H15NO2/c1-28(2)29(3,4)35-30(34-28)24-11-6-9-22-21(8-5-10-23(22)24)19-13-15-20(16-14-19)26-18-32-27(33-26)25-12-7-17-31-25;1-10(2,3)13-9(12)11-7-5-4-6-8-11/h5-18,31H,1-4H3,(H,32,33);4-7H,8H2,1-3H3. The van der Waals surface area contributed by atoms with Crippen molar-refractivity contribution in [3.63, 3.8) is 0 Å². The SMILES string of the molecule is CC(C)(C)OC(=O)N1C=CC=CC1.CC1(C)OB(c2cccc3c(-c4ccc(-c5cnc(-c6ccc[nH]6)[nH]5)cc4)cccc23)OC1(C)C. The number of fused-ring (bicyclic) bond motifs is 1. The van der Waals surface area contributed by atoms with Gasteiger partial charge < -0.3 is 24.0 Å². The Balaban J connectivity index is 0.000000261. The molecule has 1 amide bonds. The molecule has 0 radical (unpaired) electrons. The minimum Gasteiger partial charge on any atom is -0.443 e. The number of imidazole rings is 1. The van der Waals surface area contributed by atoms with Crippen LogP contribution in [0.3, 0.4) is 0 Å². The lowest BCUT2D eigenvalue weighted by Crippen LogP contribution is -2.41. The number of carbonyl (C=O) groups excluding carboxylic acids is 1. The molecule has 1 fully saturated rings. The quantitative estimate of drug-likeness (QED) is 0.192. The zero-order valence-corrected chi connectivity index (χ0v) is 28.7. The smallest absolute Gasteiger partial charge is 0.443 e. The monoisotopic (exact) mass is 642 g/mol. The number of benzene rings is 3. The summed E-state index contributed by atoms with van der Waals surface area (Å²) < 4.78 is 17.9. The topological polar surface area (TPSA) is 92.5 Å². The number of amides is 1. The molecule has 7 rings (SSSR count). The highest BCUT2D eigenvalue weighted by molar-refractivity contribution is 6.65. The van der Waals surface area contributed by atoms with E-state index in [1.165, 1.54) is 15.8 Å². The van der Waals surface area contributed by atoms with Crippen LogP contribution >= 0.6 is 0 Å². The number of H-pyrrole nitrogens is 2. The van der Waals surface area contributed by atoms with Crippen LogP contribution in [-0.2, 0) is 14.0 Å².